The summed E-state index contributed by atoms with van der Waals surface area (Å²) in [5, 5.41) is 6.92. The summed E-state index contributed by atoms with van der Waals surface area (Å²) in [6.45, 7) is 7.58. The summed E-state index contributed by atoms with van der Waals surface area (Å²) in [4.78, 5) is 19.8. The molecule has 0 bridgehead atoms. The predicted molar refractivity (Wildman–Crippen MR) is 123 cm³/mol. The number of hydrogen-bond acceptors (Lipinski definition) is 4. The highest BCUT2D eigenvalue weighted by Crippen LogP contribution is 2.36. The maximum Gasteiger partial charge on any atom is 0.258 e. The lowest BCUT2D eigenvalue weighted by atomic mass is 9.95. The second-order valence-electron chi connectivity index (χ2n) is 8.80. The molecule has 0 radical (unpaired) electrons. The van der Waals surface area contributed by atoms with Gasteiger partial charge in [0.05, 0.1) is 5.56 Å². The van der Waals surface area contributed by atoms with Crippen LogP contribution in [0.25, 0.3) is 0 Å². The van der Waals surface area contributed by atoms with E-state index in [1.165, 1.54) is 38.8 Å². The Hall–Kier alpha value is -2.11. The summed E-state index contributed by atoms with van der Waals surface area (Å²) in [5.41, 5.74) is 2.41. The van der Waals surface area contributed by atoms with E-state index in [1.54, 1.807) is 18.3 Å². The maximum atomic E-state index is 12.9. The first-order valence-corrected chi connectivity index (χ1v) is 11.4. The number of aryl methyl sites for hydroxylation is 1. The number of nitrogens with one attached hydrogen (secondary N) is 2. The number of piperidine rings is 1. The van der Waals surface area contributed by atoms with Crippen molar-refractivity contribution in [1.29, 1.82) is 0 Å². The summed E-state index contributed by atoms with van der Waals surface area (Å²) in [5.74, 6) is 1.88. The molecular formula is C24H31ClN4O. The Labute approximate surface area is 184 Å². The van der Waals surface area contributed by atoms with E-state index in [4.69, 9.17) is 11.6 Å². The van der Waals surface area contributed by atoms with Crippen LogP contribution in [0.1, 0.15) is 48.5 Å². The minimum Gasteiger partial charge on any atom is -0.384 e. The smallest absolute Gasteiger partial charge is 0.258 e. The first kappa shape index (κ1) is 21.1. The quantitative estimate of drug-likeness (QED) is 0.637. The fourth-order valence-electron chi connectivity index (χ4n) is 4.28. The van der Waals surface area contributed by atoms with Crippen LogP contribution in [-0.2, 0) is 0 Å². The van der Waals surface area contributed by atoms with Gasteiger partial charge in [-0.25, -0.2) is 4.98 Å². The standard InChI is InChI=1S/C24H31ClN4O/c1-16-3-8-23(27-14-16)28-24(30)21-13-20(25)6-7-22(21)26-15-18-9-11-29(12-10-18)17(2)19-4-5-19/h3,6-8,13-14,17-19,26H,4-5,9-12,15H2,1-2H3,(H,27,28,30). The molecule has 1 aromatic carbocycles. The van der Waals surface area contributed by atoms with Gasteiger partial charge in [0.15, 0.2) is 0 Å². The number of halogens is 1. The third-order valence-corrected chi connectivity index (χ3v) is 6.72. The van der Waals surface area contributed by atoms with Gasteiger partial charge >= 0.3 is 0 Å². The molecule has 6 heteroatoms. The van der Waals surface area contributed by atoms with Gasteiger partial charge in [0.2, 0.25) is 0 Å². The Balaban J connectivity index is 1.35. The highest BCUT2D eigenvalue weighted by atomic mass is 35.5. The Morgan fingerprint density at radius 2 is 1.97 bits per heavy atom. The van der Waals surface area contributed by atoms with E-state index in [0.717, 1.165) is 29.8 Å². The van der Waals surface area contributed by atoms with E-state index in [-0.39, 0.29) is 5.91 Å². The summed E-state index contributed by atoms with van der Waals surface area (Å²) in [6, 6.07) is 9.90. The zero-order chi connectivity index (χ0) is 21.1. The molecule has 4 rings (SSSR count). The minimum atomic E-state index is -0.204. The second-order valence-corrected chi connectivity index (χ2v) is 9.24. The molecule has 160 valence electrons. The van der Waals surface area contributed by atoms with Crippen LogP contribution in [0.3, 0.4) is 0 Å². The molecule has 30 heavy (non-hydrogen) atoms. The largest absolute Gasteiger partial charge is 0.384 e. The van der Waals surface area contributed by atoms with Gasteiger partial charge in [-0.05, 0) is 94.3 Å². The Bertz CT molecular complexity index is 873. The average molecular weight is 427 g/mol. The number of rotatable bonds is 7. The average Bonchev–Trinajstić information content (AvgIpc) is 3.60. The number of likely N-dealkylation sites (tertiary alicyclic amines) is 1. The molecular weight excluding hydrogens is 396 g/mol. The van der Waals surface area contributed by atoms with Crippen LogP contribution >= 0.6 is 11.6 Å². The molecule has 1 saturated carbocycles. The van der Waals surface area contributed by atoms with Crippen molar-refractivity contribution in [2.45, 2.75) is 45.6 Å². The van der Waals surface area contributed by atoms with Gasteiger partial charge < -0.3 is 15.5 Å². The van der Waals surface area contributed by atoms with Gasteiger partial charge in [-0.1, -0.05) is 17.7 Å². The molecule has 1 aliphatic heterocycles. The third kappa shape index (κ3) is 5.32. The lowest BCUT2D eigenvalue weighted by molar-refractivity contribution is 0.102. The summed E-state index contributed by atoms with van der Waals surface area (Å²) >= 11 is 6.18. The fourth-order valence-corrected chi connectivity index (χ4v) is 4.45. The molecule has 1 unspecified atom stereocenters. The number of pyridine rings is 1. The summed E-state index contributed by atoms with van der Waals surface area (Å²) < 4.78 is 0. The lowest BCUT2D eigenvalue weighted by Gasteiger charge is -2.36. The minimum absolute atomic E-state index is 0.204. The Morgan fingerprint density at radius 1 is 1.20 bits per heavy atom. The van der Waals surface area contributed by atoms with Crippen LogP contribution < -0.4 is 10.6 Å². The first-order chi connectivity index (χ1) is 14.5. The maximum absolute atomic E-state index is 12.9. The van der Waals surface area contributed by atoms with Gasteiger partial charge in [0, 0.05) is 29.5 Å². The zero-order valence-corrected chi connectivity index (χ0v) is 18.6. The lowest BCUT2D eigenvalue weighted by Crippen LogP contribution is -2.42. The molecule has 2 fully saturated rings. The van der Waals surface area contributed by atoms with Crippen molar-refractivity contribution in [3.8, 4) is 0 Å². The number of amides is 1. The number of carbonyl (C=O) groups is 1. The number of carbonyl (C=O) groups excluding carboxylic acids is 1. The van der Waals surface area contributed by atoms with E-state index < -0.39 is 0 Å². The number of nitrogens with zero attached hydrogens (tertiary/aromatic N) is 2. The Kier molecular flexibility index (Phi) is 6.59. The molecule has 2 aromatic rings. The molecule has 1 aromatic heterocycles. The molecule has 2 aliphatic rings. The topological polar surface area (TPSA) is 57.3 Å². The highest BCUT2D eigenvalue weighted by molar-refractivity contribution is 6.31. The van der Waals surface area contributed by atoms with Crippen LogP contribution in [0.2, 0.25) is 5.02 Å². The predicted octanol–water partition coefficient (Wildman–Crippen LogP) is 5.22. The molecule has 2 heterocycles. The highest BCUT2D eigenvalue weighted by Gasteiger charge is 2.33. The molecule has 1 saturated heterocycles. The number of benzene rings is 1. The molecule has 5 nitrogen and oxygen atoms in total. The molecule has 1 atom stereocenters. The monoisotopic (exact) mass is 426 g/mol. The van der Waals surface area contributed by atoms with Crippen molar-refractivity contribution in [3.63, 3.8) is 0 Å². The van der Waals surface area contributed by atoms with Crippen LogP contribution in [0, 0.1) is 18.8 Å². The normalized spacial score (nSPS) is 18.8. The molecule has 0 spiro atoms. The molecule has 1 aliphatic carbocycles. The van der Waals surface area contributed by atoms with Crippen molar-refractivity contribution >= 4 is 29.0 Å². The first-order valence-electron chi connectivity index (χ1n) is 11.0. The molecule has 2 N–H and O–H groups in total. The van der Waals surface area contributed by atoms with Crippen LogP contribution in [0.5, 0.6) is 0 Å². The van der Waals surface area contributed by atoms with Crippen LogP contribution in [0.4, 0.5) is 11.5 Å². The van der Waals surface area contributed by atoms with Gasteiger partial charge in [-0.2, -0.15) is 0 Å². The Morgan fingerprint density at radius 3 is 2.63 bits per heavy atom. The van der Waals surface area contributed by atoms with E-state index >= 15 is 0 Å². The van der Waals surface area contributed by atoms with E-state index in [1.807, 2.05) is 25.1 Å². The van der Waals surface area contributed by atoms with Crippen molar-refractivity contribution < 1.29 is 4.79 Å². The van der Waals surface area contributed by atoms with E-state index in [0.29, 0.717) is 22.3 Å². The third-order valence-electron chi connectivity index (χ3n) is 6.49. The molecule has 1 amide bonds. The van der Waals surface area contributed by atoms with Crippen LogP contribution in [0.15, 0.2) is 36.5 Å². The van der Waals surface area contributed by atoms with Gasteiger partial charge in [0.25, 0.3) is 5.91 Å². The number of hydrogen-bond donors (Lipinski definition) is 2. The SMILES string of the molecule is Cc1ccc(NC(=O)c2cc(Cl)ccc2NCC2CCN(C(C)C3CC3)CC2)nc1. The summed E-state index contributed by atoms with van der Waals surface area (Å²) in [7, 11) is 0. The van der Waals surface area contributed by atoms with Gasteiger partial charge in [-0.15, -0.1) is 0 Å². The van der Waals surface area contributed by atoms with Crippen molar-refractivity contribution in [1.82, 2.24) is 9.88 Å². The van der Waals surface area contributed by atoms with Crippen LogP contribution in [-0.4, -0.2) is 41.5 Å². The second kappa shape index (κ2) is 9.36. The van der Waals surface area contributed by atoms with Crippen molar-refractivity contribution in [2.24, 2.45) is 11.8 Å². The summed E-state index contributed by atoms with van der Waals surface area (Å²) in [6.07, 6.45) is 6.95. The van der Waals surface area contributed by atoms with Gasteiger partial charge in [-0.3, -0.25) is 4.79 Å². The van der Waals surface area contributed by atoms with Crippen molar-refractivity contribution in [3.05, 3.63) is 52.7 Å². The van der Waals surface area contributed by atoms with E-state index in [9.17, 15) is 4.79 Å². The van der Waals surface area contributed by atoms with Crippen molar-refractivity contribution in [2.75, 3.05) is 30.3 Å². The fraction of sp³-hybridized carbons (Fsp3) is 0.500. The number of aromatic nitrogens is 1. The zero-order valence-electron chi connectivity index (χ0n) is 17.8. The number of anilines is 2. The van der Waals surface area contributed by atoms with Gasteiger partial charge in [0.1, 0.15) is 5.82 Å². The van der Waals surface area contributed by atoms with E-state index in [2.05, 4.69) is 27.4 Å².